The fraction of sp³-hybridized carbons (Fsp3) is 0.348. The summed E-state index contributed by atoms with van der Waals surface area (Å²) in [5.74, 6) is -0.464. The summed E-state index contributed by atoms with van der Waals surface area (Å²) in [6.07, 6.45) is 0.812. The molecule has 0 aliphatic carbocycles. The average Bonchev–Trinajstić information content (AvgIpc) is 2.72. The zero-order valence-electron chi connectivity index (χ0n) is 17.7. The van der Waals surface area contributed by atoms with Crippen molar-refractivity contribution in [3.05, 3.63) is 64.2 Å². The Bertz CT molecular complexity index is 948. The maximum absolute atomic E-state index is 12.4. The standard InChI is InChI=1S/C23H28N4O3/c1-15-10-16(2)22(17(3)11-15)26-20(28)12-24-23(30)25-13-21(29)27-9-8-18-6-4-5-7-19(18)14-27/h4-7,10-11H,8-9,12-14H2,1-3H3,(H,26,28)(H2,24,25,30). The van der Waals surface area contributed by atoms with Gasteiger partial charge >= 0.3 is 6.03 Å². The van der Waals surface area contributed by atoms with Crippen LogP contribution >= 0.6 is 0 Å². The molecule has 2 aromatic carbocycles. The number of carbonyl (C=O) groups excluding carboxylic acids is 3. The van der Waals surface area contributed by atoms with Crippen molar-refractivity contribution in [3.8, 4) is 0 Å². The zero-order valence-corrected chi connectivity index (χ0v) is 17.7. The van der Waals surface area contributed by atoms with Crippen molar-refractivity contribution in [1.82, 2.24) is 15.5 Å². The number of benzene rings is 2. The van der Waals surface area contributed by atoms with Crippen LogP contribution in [0, 0.1) is 20.8 Å². The Hall–Kier alpha value is -3.35. The van der Waals surface area contributed by atoms with E-state index in [1.54, 1.807) is 4.90 Å². The maximum Gasteiger partial charge on any atom is 0.315 e. The average molecular weight is 409 g/mol. The van der Waals surface area contributed by atoms with Crippen LogP contribution in [-0.2, 0) is 22.6 Å². The molecule has 2 aromatic rings. The lowest BCUT2D eigenvalue weighted by atomic mass is 10.00. The number of fused-ring (bicyclic) bond motifs is 1. The second-order valence-corrected chi connectivity index (χ2v) is 7.69. The second kappa shape index (κ2) is 9.43. The van der Waals surface area contributed by atoms with Gasteiger partial charge in [-0.05, 0) is 49.4 Å². The van der Waals surface area contributed by atoms with Crippen molar-refractivity contribution in [2.45, 2.75) is 33.7 Å². The van der Waals surface area contributed by atoms with Gasteiger partial charge < -0.3 is 20.9 Å². The van der Waals surface area contributed by atoms with Crippen LogP contribution in [0.3, 0.4) is 0 Å². The normalized spacial score (nSPS) is 12.7. The zero-order chi connectivity index (χ0) is 21.7. The van der Waals surface area contributed by atoms with Crippen LogP contribution in [0.2, 0.25) is 0 Å². The van der Waals surface area contributed by atoms with E-state index in [0.29, 0.717) is 13.1 Å². The predicted octanol–water partition coefficient (Wildman–Crippen LogP) is 2.43. The molecule has 7 heteroatoms. The lowest BCUT2D eigenvalue weighted by Crippen LogP contribution is -2.46. The van der Waals surface area contributed by atoms with E-state index in [1.807, 2.05) is 51.1 Å². The summed E-state index contributed by atoms with van der Waals surface area (Å²) in [6.45, 7) is 6.77. The van der Waals surface area contributed by atoms with E-state index in [9.17, 15) is 14.4 Å². The molecule has 0 bridgehead atoms. The van der Waals surface area contributed by atoms with Crippen molar-refractivity contribution in [3.63, 3.8) is 0 Å². The first-order valence-electron chi connectivity index (χ1n) is 10.1. The van der Waals surface area contributed by atoms with Crippen LogP contribution in [0.4, 0.5) is 10.5 Å². The number of anilines is 1. The molecule has 3 N–H and O–H groups in total. The largest absolute Gasteiger partial charge is 0.336 e. The monoisotopic (exact) mass is 408 g/mol. The number of rotatable bonds is 5. The molecule has 30 heavy (non-hydrogen) atoms. The van der Waals surface area contributed by atoms with Gasteiger partial charge in [-0.3, -0.25) is 9.59 Å². The van der Waals surface area contributed by atoms with Gasteiger partial charge in [0.05, 0.1) is 13.1 Å². The molecule has 0 unspecified atom stereocenters. The molecule has 1 aliphatic rings. The third-order valence-corrected chi connectivity index (χ3v) is 5.23. The van der Waals surface area contributed by atoms with Crippen LogP contribution in [-0.4, -0.2) is 42.4 Å². The highest BCUT2D eigenvalue weighted by atomic mass is 16.2. The van der Waals surface area contributed by atoms with Gasteiger partial charge in [-0.15, -0.1) is 0 Å². The minimum atomic E-state index is -0.548. The smallest absolute Gasteiger partial charge is 0.315 e. The highest BCUT2D eigenvalue weighted by molar-refractivity contribution is 5.96. The van der Waals surface area contributed by atoms with E-state index in [2.05, 4.69) is 22.0 Å². The van der Waals surface area contributed by atoms with Gasteiger partial charge in [0.15, 0.2) is 0 Å². The Morgan fingerprint density at radius 2 is 1.57 bits per heavy atom. The number of hydrogen-bond donors (Lipinski definition) is 3. The van der Waals surface area contributed by atoms with Gasteiger partial charge in [-0.25, -0.2) is 4.79 Å². The van der Waals surface area contributed by atoms with Crippen LogP contribution in [0.25, 0.3) is 0 Å². The summed E-state index contributed by atoms with van der Waals surface area (Å²) >= 11 is 0. The molecule has 3 rings (SSSR count). The van der Waals surface area contributed by atoms with E-state index < -0.39 is 6.03 Å². The second-order valence-electron chi connectivity index (χ2n) is 7.69. The van der Waals surface area contributed by atoms with E-state index in [0.717, 1.165) is 34.4 Å². The number of nitrogens with one attached hydrogen (secondary N) is 3. The molecule has 0 saturated carbocycles. The summed E-state index contributed by atoms with van der Waals surface area (Å²) in [4.78, 5) is 38.3. The molecule has 1 heterocycles. The first kappa shape index (κ1) is 21.4. The fourth-order valence-electron chi connectivity index (χ4n) is 3.76. The van der Waals surface area contributed by atoms with Gasteiger partial charge in [-0.1, -0.05) is 42.0 Å². The van der Waals surface area contributed by atoms with Crippen LogP contribution < -0.4 is 16.0 Å². The summed E-state index contributed by atoms with van der Waals surface area (Å²) in [7, 11) is 0. The number of hydrogen-bond acceptors (Lipinski definition) is 3. The quantitative estimate of drug-likeness (QED) is 0.710. The minimum absolute atomic E-state index is 0.105. The van der Waals surface area contributed by atoms with E-state index >= 15 is 0 Å². The molecule has 0 fully saturated rings. The molecule has 7 nitrogen and oxygen atoms in total. The molecule has 1 aliphatic heterocycles. The third-order valence-electron chi connectivity index (χ3n) is 5.23. The van der Waals surface area contributed by atoms with Crippen molar-refractivity contribution in [2.24, 2.45) is 0 Å². The molecule has 0 atom stereocenters. The topological polar surface area (TPSA) is 90.5 Å². The number of aryl methyl sites for hydroxylation is 3. The van der Waals surface area contributed by atoms with Gasteiger partial charge in [0.2, 0.25) is 11.8 Å². The molecule has 0 aromatic heterocycles. The molecular weight excluding hydrogens is 380 g/mol. The number of amides is 4. The van der Waals surface area contributed by atoms with Crippen molar-refractivity contribution in [1.29, 1.82) is 0 Å². The Kier molecular flexibility index (Phi) is 6.72. The predicted molar refractivity (Wildman–Crippen MR) is 116 cm³/mol. The Balaban J connectivity index is 1.42. The van der Waals surface area contributed by atoms with Gasteiger partial charge in [-0.2, -0.15) is 0 Å². The van der Waals surface area contributed by atoms with E-state index in [1.165, 1.54) is 5.56 Å². The number of urea groups is 1. The first-order chi connectivity index (χ1) is 14.3. The lowest BCUT2D eigenvalue weighted by Gasteiger charge is -2.29. The molecule has 0 spiro atoms. The van der Waals surface area contributed by atoms with Crippen molar-refractivity contribution in [2.75, 3.05) is 25.0 Å². The Morgan fingerprint density at radius 3 is 2.27 bits per heavy atom. The molecule has 158 valence electrons. The third kappa shape index (κ3) is 5.37. The summed E-state index contributed by atoms with van der Waals surface area (Å²) < 4.78 is 0. The SMILES string of the molecule is Cc1cc(C)c(NC(=O)CNC(=O)NCC(=O)N2CCc3ccccc3C2)c(C)c1. The van der Waals surface area contributed by atoms with Crippen LogP contribution in [0.5, 0.6) is 0 Å². The first-order valence-corrected chi connectivity index (χ1v) is 10.1. The summed E-state index contributed by atoms with van der Waals surface area (Å²) in [5, 5.41) is 7.86. The Labute approximate surface area is 176 Å². The number of carbonyl (C=O) groups is 3. The Morgan fingerprint density at radius 1 is 0.933 bits per heavy atom. The maximum atomic E-state index is 12.4. The lowest BCUT2D eigenvalue weighted by molar-refractivity contribution is -0.131. The van der Waals surface area contributed by atoms with Gasteiger partial charge in [0.1, 0.15) is 0 Å². The van der Waals surface area contributed by atoms with E-state index in [-0.39, 0.29) is 24.9 Å². The van der Waals surface area contributed by atoms with Gasteiger partial charge in [0.25, 0.3) is 0 Å². The highest BCUT2D eigenvalue weighted by Crippen LogP contribution is 2.21. The summed E-state index contributed by atoms with van der Waals surface area (Å²) in [6, 6.07) is 11.5. The molecule has 0 saturated heterocycles. The molecular formula is C23H28N4O3. The van der Waals surface area contributed by atoms with Crippen molar-refractivity contribution >= 4 is 23.5 Å². The molecule has 4 amide bonds. The summed E-state index contributed by atoms with van der Waals surface area (Å²) in [5.41, 5.74) is 6.23. The number of nitrogens with zero attached hydrogens (tertiary/aromatic N) is 1. The fourth-order valence-corrected chi connectivity index (χ4v) is 3.76. The van der Waals surface area contributed by atoms with Crippen molar-refractivity contribution < 1.29 is 14.4 Å². The van der Waals surface area contributed by atoms with Crippen LogP contribution in [0.1, 0.15) is 27.8 Å². The minimum Gasteiger partial charge on any atom is -0.336 e. The van der Waals surface area contributed by atoms with Gasteiger partial charge in [0, 0.05) is 18.8 Å². The van der Waals surface area contributed by atoms with Crippen LogP contribution in [0.15, 0.2) is 36.4 Å². The molecule has 0 radical (unpaired) electrons. The highest BCUT2D eigenvalue weighted by Gasteiger charge is 2.20. The van der Waals surface area contributed by atoms with E-state index in [4.69, 9.17) is 0 Å².